The lowest BCUT2D eigenvalue weighted by Gasteiger charge is -2.25. The van der Waals surface area contributed by atoms with Crippen LogP contribution < -0.4 is 5.01 Å². The molecule has 0 fully saturated rings. The number of rotatable bonds is 6. The topological polar surface area (TPSA) is 7.68 Å². The van der Waals surface area contributed by atoms with Crippen LogP contribution in [0.3, 0.4) is 0 Å². The van der Waals surface area contributed by atoms with Crippen LogP contribution in [0, 0.1) is 0 Å². The second kappa shape index (κ2) is 6.62. The van der Waals surface area contributed by atoms with Crippen molar-refractivity contribution in [2.45, 2.75) is 33.6 Å². The van der Waals surface area contributed by atoms with Gasteiger partial charge >= 0.3 is 0 Å². The van der Waals surface area contributed by atoms with E-state index in [1.807, 2.05) is 0 Å². The third kappa shape index (κ3) is 4.38. The average molecular weight is 159 g/mol. The van der Waals surface area contributed by atoms with Crippen molar-refractivity contribution in [2.75, 3.05) is 26.7 Å². The van der Waals surface area contributed by atoms with Crippen LogP contribution in [-0.2, 0) is 0 Å². The van der Waals surface area contributed by atoms with Gasteiger partial charge < -0.3 is 0 Å². The Morgan fingerprint density at radius 2 is 1.64 bits per heavy atom. The summed E-state index contributed by atoms with van der Waals surface area (Å²) < 4.78 is 0. The summed E-state index contributed by atoms with van der Waals surface area (Å²) >= 11 is 0. The first-order valence-corrected chi connectivity index (χ1v) is 4.82. The maximum absolute atomic E-state index is 2.41. The predicted molar refractivity (Wildman–Crippen MR) is 49.6 cm³/mol. The molecule has 2 heteroatoms. The summed E-state index contributed by atoms with van der Waals surface area (Å²) in [5.74, 6) is 0. The zero-order valence-electron chi connectivity index (χ0n) is 8.48. The van der Waals surface area contributed by atoms with Crippen LogP contribution in [0.1, 0.15) is 33.6 Å². The van der Waals surface area contributed by atoms with Crippen molar-refractivity contribution in [3.8, 4) is 0 Å². The Kier molecular flexibility index (Phi) is 6.57. The van der Waals surface area contributed by atoms with E-state index in [0.717, 1.165) is 0 Å². The van der Waals surface area contributed by atoms with Crippen molar-refractivity contribution in [1.82, 2.24) is 5.01 Å². The highest BCUT2D eigenvalue weighted by Gasteiger charge is 2.08. The Balaban J connectivity index is 3.51. The number of hydrogen-bond acceptors (Lipinski definition) is 1. The lowest BCUT2D eigenvalue weighted by Crippen LogP contribution is -3.17. The first-order chi connectivity index (χ1) is 5.26. The average Bonchev–Trinajstić information content (AvgIpc) is 2.03. The smallest absolute Gasteiger partial charge is 0.0919 e. The maximum Gasteiger partial charge on any atom is 0.0919 e. The summed E-state index contributed by atoms with van der Waals surface area (Å²) in [5, 5.41) is 3.99. The van der Waals surface area contributed by atoms with E-state index in [0.29, 0.717) is 0 Å². The van der Waals surface area contributed by atoms with Crippen LogP contribution in [0.2, 0.25) is 0 Å². The van der Waals surface area contributed by atoms with E-state index >= 15 is 0 Å². The standard InChI is InChI=1S/C9H22N2/c1-5-8-9-10(4)11(6-2)7-3/h5-9H2,1-4H3/p+1. The molecule has 0 amide bonds. The normalized spacial score (nSPS) is 11.5. The molecule has 0 unspecified atom stereocenters. The molecular formula is C9H23N2+. The molecule has 68 valence electrons. The highest BCUT2D eigenvalue weighted by Crippen LogP contribution is 1.85. The van der Waals surface area contributed by atoms with E-state index < -0.39 is 0 Å². The highest BCUT2D eigenvalue weighted by molar-refractivity contribution is 4.36. The maximum atomic E-state index is 2.41. The number of unbranched alkanes of at least 4 members (excludes halogenated alkanes) is 1. The summed E-state index contributed by atoms with van der Waals surface area (Å²) in [6.45, 7) is 10.4. The molecule has 0 aliphatic carbocycles. The molecule has 0 atom stereocenters. The number of nitrogens with zero attached hydrogens (tertiary/aromatic N) is 1. The third-order valence-corrected chi connectivity index (χ3v) is 2.20. The van der Waals surface area contributed by atoms with E-state index in [2.05, 4.69) is 32.8 Å². The van der Waals surface area contributed by atoms with Gasteiger partial charge in [0, 0.05) is 13.6 Å². The van der Waals surface area contributed by atoms with Crippen LogP contribution in [0.15, 0.2) is 0 Å². The molecular weight excluding hydrogens is 136 g/mol. The summed E-state index contributed by atoms with van der Waals surface area (Å²) in [5.41, 5.74) is 0. The van der Waals surface area contributed by atoms with E-state index in [1.165, 1.54) is 32.5 Å². The largest absolute Gasteiger partial charge is 0.255 e. The van der Waals surface area contributed by atoms with Crippen molar-refractivity contribution in [1.29, 1.82) is 0 Å². The fraction of sp³-hybridized carbons (Fsp3) is 1.00. The van der Waals surface area contributed by atoms with Gasteiger partial charge in [0.2, 0.25) is 0 Å². The van der Waals surface area contributed by atoms with Crippen molar-refractivity contribution in [3.05, 3.63) is 0 Å². The quantitative estimate of drug-likeness (QED) is 0.556. The fourth-order valence-electron chi connectivity index (χ4n) is 1.34. The van der Waals surface area contributed by atoms with Gasteiger partial charge in [0.25, 0.3) is 0 Å². The minimum Gasteiger partial charge on any atom is -0.255 e. The molecule has 0 spiro atoms. The summed E-state index contributed by atoms with van der Waals surface area (Å²) in [6.07, 6.45) is 2.62. The molecule has 0 aromatic rings. The Bertz CT molecular complexity index is 79.6. The zero-order valence-corrected chi connectivity index (χ0v) is 8.48. The van der Waals surface area contributed by atoms with E-state index in [4.69, 9.17) is 0 Å². The first-order valence-electron chi connectivity index (χ1n) is 4.82. The molecule has 0 bridgehead atoms. The van der Waals surface area contributed by atoms with E-state index in [1.54, 1.807) is 5.01 Å². The zero-order chi connectivity index (χ0) is 8.69. The number of quaternary nitrogens is 1. The van der Waals surface area contributed by atoms with Crippen LogP contribution in [0.25, 0.3) is 0 Å². The van der Waals surface area contributed by atoms with Gasteiger partial charge in [-0.2, -0.15) is 5.01 Å². The Morgan fingerprint density at radius 3 is 2.00 bits per heavy atom. The molecule has 0 aliphatic rings. The molecule has 0 heterocycles. The molecule has 0 rings (SSSR count). The van der Waals surface area contributed by atoms with Crippen molar-refractivity contribution in [2.24, 2.45) is 0 Å². The van der Waals surface area contributed by atoms with Crippen molar-refractivity contribution in [3.63, 3.8) is 0 Å². The summed E-state index contributed by atoms with van der Waals surface area (Å²) in [7, 11) is 2.21. The van der Waals surface area contributed by atoms with Gasteiger partial charge in [-0.15, -0.1) is 0 Å². The molecule has 11 heavy (non-hydrogen) atoms. The van der Waals surface area contributed by atoms with E-state index in [-0.39, 0.29) is 0 Å². The number of nitrogens with one attached hydrogen (secondary N) is 1. The highest BCUT2D eigenvalue weighted by atomic mass is 15.6. The Morgan fingerprint density at radius 1 is 1.09 bits per heavy atom. The molecule has 0 radical (unpaired) electrons. The van der Waals surface area contributed by atoms with Crippen LogP contribution in [0.4, 0.5) is 0 Å². The van der Waals surface area contributed by atoms with Crippen molar-refractivity contribution < 1.29 is 5.01 Å². The van der Waals surface area contributed by atoms with Gasteiger partial charge in [0.15, 0.2) is 0 Å². The lowest BCUT2D eigenvalue weighted by molar-refractivity contribution is -1.01. The van der Waals surface area contributed by atoms with Crippen LogP contribution >= 0.6 is 0 Å². The molecule has 0 saturated carbocycles. The van der Waals surface area contributed by atoms with Gasteiger partial charge in [-0.05, 0) is 20.3 Å². The lowest BCUT2D eigenvalue weighted by atomic mass is 10.3. The minimum atomic E-state index is 1.21. The van der Waals surface area contributed by atoms with Gasteiger partial charge in [0.1, 0.15) is 0 Å². The van der Waals surface area contributed by atoms with Crippen LogP contribution in [-0.4, -0.2) is 31.7 Å². The Labute approximate surface area is 71.1 Å². The minimum absolute atomic E-state index is 1.21. The summed E-state index contributed by atoms with van der Waals surface area (Å²) in [6, 6.07) is 0. The van der Waals surface area contributed by atoms with Gasteiger partial charge in [0.05, 0.1) is 13.1 Å². The molecule has 1 N–H and O–H groups in total. The summed E-state index contributed by atoms with van der Waals surface area (Å²) in [4.78, 5) is 0. The van der Waals surface area contributed by atoms with E-state index in [9.17, 15) is 0 Å². The van der Waals surface area contributed by atoms with Crippen molar-refractivity contribution >= 4 is 0 Å². The van der Waals surface area contributed by atoms with Gasteiger partial charge in [-0.1, -0.05) is 13.3 Å². The second-order valence-corrected chi connectivity index (χ2v) is 3.05. The number of hydrogen-bond donors (Lipinski definition) is 1. The van der Waals surface area contributed by atoms with Crippen LogP contribution in [0.5, 0.6) is 0 Å². The fourth-order valence-corrected chi connectivity index (χ4v) is 1.34. The molecule has 0 aromatic carbocycles. The monoisotopic (exact) mass is 159 g/mol. The molecule has 2 nitrogen and oxygen atoms in total. The van der Waals surface area contributed by atoms with Gasteiger partial charge in [-0.25, -0.2) is 0 Å². The second-order valence-electron chi connectivity index (χ2n) is 3.05. The first kappa shape index (κ1) is 10.9. The van der Waals surface area contributed by atoms with Gasteiger partial charge in [-0.3, -0.25) is 5.01 Å². The SMILES string of the molecule is CCCCN(C)[NH+](CC)CC. The molecule has 0 saturated heterocycles. The molecule has 0 aliphatic heterocycles. The molecule has 0 aromatic heterocycles. The Hall–Kier alpha value is -0.0800. The third-order valence-electron chi connectivity index (χ3n) is 2.20. The predicted octanol–water partition coefficient (Wildman–Crippen LogP) is 0.558.